The lowest BCUT2D eigenvalue weighted by atomic mass is 9.89. The first kappa shape index (κ1) is 26.3. The van der Waals surface area contributed by atoms with Gasteiger partial charge in [0, 0.05) is 30.9 Å². The summed E-state index contributed by atoms with van der Waals surface area (Å²) in [6.07, 6.45) is 2.49. The van der Waals surface area contributed by atoms with Crippen LogP contribution in [0.15, 0.2) is 65.7 Å². The number of nitrogens with one attached hydrogen (secondary N) is 1. The monoisotopic (exact) mass is 525 g/mol. The fraction of sp³-hybridized carbons (Fsp3) is 0.357. The normalized spacial score (nSPS) is 16.1. The maximum atomic E-state index is 12.9. The Morgan fingerprint density at radius 2 is 1.78 bits per heavy atom. The highest BCUT2D eigenvalue weighted by Crippen LogP contribution is 2.35. The smallest absolute Gasteiger partial charge is 0.253 e. The molecule has 1 aliphatic rings. The maximum absolute atomic E-state index is 12.9. The van der Waals surface area contributed by atoms with Gasteiger partial charge in [0.15, 0.2) is 9.84 Å². The minimum Gasteiger partial charge on any atom is -0.348 e. The van der Waals surface area contributed by atoms with E-state index in [0.29, 0.717) is 22.9 Å². The van der Waals surface area contributed by atoms with Gasteiger partial charge in [-0.15, -0.1) is 0 Å². The van der Waals surface area contributed by atoms with Crippen molar-refractivity contribution < 1.29 is 13.2 Å². The van der Waals surface area contributed by atoms with E-state index in [0.717, 1.165) is 41.4 Å². The standard InChI is InChI=1S/C28H32ClN3O3S/c1-4-36(34,35)25-11-7-20(8-12-25)16-31-28(33)23-15-22-13-14-32(18-21-5-9-24(29)10-6-21)27(19(2)3)26(22)30-17-23/h5-12,15,17,19,27H,4,13-14,16,18H2,1-3H3,(H,31,33)/t27-/m1/s1. The van der Waals surface area contributed by atoms with Gasteiger partial charge in [-0.25, -0.2) is 8.42 Å². The van der Waals surface area contributed by atoms with Gasteiger partial charge < -0.3 is 5.32 Å². The molecule has 0 aliphatic carbocycles. The fourth-order valence-corrected chi connectivity index (χ4v) is 5.70. The molecule has 0 bridgehead atoms. The van der Waals surface area contributed by atoms with E-state index in [9.17, 15) is 13.2 Å². The van der Waals surface area contributed by atoms with E-state index in [4.69, 9.17) is 16.6 Å². The highest BCUT2D eigenvalue weighted by Gasteiger charge is 2.31. The van der Waals surface area contributed by atoms with Crippen molar-refractivity contribution in [1.29, 1.82) is 0 Å². The molecule has 36 heavy (non-hydrogen) atoms. The topological polar surface area (TPSA) is 79.4 Å². The Morgan fingerprint density at radius 3 is 2.42 bits per heavy atom. The third kappa shape index (κ3) is 5.97. The van der Waals surface area contributed by atoms with Crippen LogP contribution in [0, 0.1) is 5.92 Å². The molecule has 2 aromatic carbocycles. The van der Waals surface area contributed by atoms with E-state index in [1.54, 1.807) is 37.4 Å². The Kier molecular flexibility index (Phi) is 8.13. The molecule has 0 saturated heterocycles. The molecule has 0 spiro atoms. The highest BCUT2D eigenvalue weighted by molar-refractivity contribution is 7.91. The Bertz CT molecular complexity index is 1320. The van der Waals surface area contributed by atoms with Crippen molar-refractivity contribution in [3.8, 4) is 0 Å². The Hall–Kier alpha value is -2.74. The quantitative estimate of drug-likeness (QED) is 0.436. The average molecular weight is 526 g/mol. The summed E-state index contributed by atoms with van der Waals surface area (Å²) in [6.45, 7) is 8.05. The van der Waals surface area contributed by atoms with E-state index >= 15 is 0 Å². The molecular weight excluding hydrogens is 494 g/mol. The number of carbonyl (C=O) groups excluding carboxylic acids is 1. The molecule has 3 aromatic rings. The molecule has 0 saturated carbocycles. The zero-order valence-electron chi connectivity index (χ0n) is 20.9. The Balaban J connectivity index is 1.45. The average Bonchev–Trinajstić information content (AvgIpc) is 2.88. The van der Waals surface area contributed by atoms with Crippen LogP contribution in [0.25, 0.3) is 0 Å². The first-order valence-corrected chi connectivity index (χ1v) is 14.3. The molecule has 1 N–H and O–H groups in total. The molecule has 0 fully saturated rings. The number of rotatable bonds is 8. The van der Waals surface area contributed by atoms with E-state index in [1.807, 2.05) is 18.2 Å². The van der Waals surface area contributed by atoms with E-state index in [1.165, 1.54) is 5.56 Å². The number of halogens is 1. The lowest BCUT2D eigenvalue weighted by Crippen LogP contribution is -2.38. The number of aromatic nitrogens is 1. The molecule has 1 amide bonds. The molecule has 8 heteroatoms. The van der Waals surface area contributed by atoms with Crippen molar-refractivity contribution in [2.75, 3.05) is 12.3 Å². The number of carbonyl (C=O) groups is 1. The molecule has 190 valence electrons. The van der Waals surface area contributed by atoms with Crippen molar-refractivity contribution in [3.05, 3.63) is 93.8 Å². The number of hydrogen-bond donors (Lipinski definition) is 1. The summed E-state index contributed by atoms with van der Waals surface area (Å²) < 4.78 is 24.0. The minimum absolute atomic E-state index is 0.0605. The van der Waals surface area contributed by atoms with E-state index in [-0.39, 0.29) is 17.7 Å². The van der Waals surface area contributed by atoms with Gasteiger partial charge in [-0.2, -0.15) is 0 Å². The first-order chi connectivity index (χ1) is 17.2. The largest absolute Gasteiger partial charge is 0.348 e. The minimum atomic E-state index is -3.24. The summed E-state index contributed by atoms with van der Waals surface area (Å²) in [5.41, 5.74) is 4.73. The summed E-state index contributed by atoms with van der Waals surface area (Å²) in [5, 5.41) is 3.66. The maximum Gasteiger partial charge on any atom is 0.253 e. The number of sulfone groups is 1. The highest BCUT2D eigenvalue weighted by atomic mass is 35.5. The molecule has 1 aromatic heterocycles. The molecule has 1 aliphatic heterocycles. The molecule has 0 radical (unpaired) electrons. The fourth-order valence-electron chi connectivity index (χ4n) is 4.69. The summed E-state index contributed by atoms with van der Waals surface area (Å²) in [4.78, 5) is 20.4. The van der Waals surface area contributed by atoms with Crippen LogP contribution in [0.3, 0.4) is 0 Å². The number of benzene rings is 2. The molecule has 4 rings (SSSR count). The number of hydrogen-bond acceptors (Lipinski definition) is 5. The van der Waals surface area contributed by atoms with E-state index in [2.05, 4.69) is 36.2 Å². The predicted octanol–water partition coefficient (Wildman–Crippen LogP) is 5.21. The second kappa shape index (κ2) is 11.1. The third-order valence-corrected chi connectivity index (χ3v) is 8.65. The van der Waals surface area contributed by atoms with E-state index < -0.39 is 9.84 Å². The summed E-state index contributed by atoms with van der Waals surface area (Å²) >= 11 is 6.05. The molecular formula is C28H32ClN3O3S. The number of fused-ring (bicyclic) bond motifs is 1. The number of amides is 1. The van der Waals surface area contributed by atoms with Crippen LogP contribution in [0.2, 0.25) is 5.02 Å². The number of pyridine rings is 1. The SMILES string of the molecule is CCS(=O)(=O)c1ccc(CNC(=O)c2cnc3c(c2)CCN(Cc2ccc(Cl)cc2)[C@@H]3C(C)C)cc1. The molecule has 2 heterocycles. The van der Waals surface area contributed by atoms with Gasteiger partial charge in [0.05, 0.1) is 27.9 Å². The third-order valence-electron chi connectivity index (χ3n) is 6.65. The zero-order chi connectivity index (χ0) is 25.9. The lowest BCUT2D eigenvalue weighted by molar-refractivity contribution is 0.0949. The predicted molar refractivity (Wildman–Crippen MR) is 143 cm³/mol. The van der Waals surface area contributed by atoms with Gasteiger partial charge in [0.25, 0.3) is 5.91 Å². The Morgan fingerprint density at radius 1 is 1.11 bits per heavy atom. The summed E-state index contributed by atoms with van der Waals surface area (Å²) in [6, 6.07) is 16.7. The van der Waals surface area contributed by atoms with Gasteiger partial charge in [0.1, 0.15) is 0 Å². The van der Waals surface area contributed by atoms with Crippen molar-refractivity contribution in [1.82, 2.24) is 15.2 Å². The van der Waals surface area contributed by atoms with Gasteiger partial charge in [-0.05, 0) is 59.4 Å². The van der Waals surface area contributed by atoms with Crippen LogP contribution in [0.4, 0.5) is 0 Å². The zero-order valence-corrected chi connectivity index (χ0v) is 22.4. The van der Waals surface area contributed by atoms with Crippen LogP contribution >= 0.6 is 11.6 Å². The molecule has 6 nitrogen and oxygen atoms in total. The first-order valence-electron chi connectivity index (χ1n) is 12.2. The van der Waals surface area contributed by atoms with Crippen molar-refractivity contribution >= 4 is 27.3 Å². The summed E-state index contributed by atoms with van der Waals surface area (Å²) in [7, 11) is -3.24. The van der Waals surface area contributed by atoms with Crippen molar-refractivity contribution in [2.45, 2.75) is 51.2 Å². The second-order valence-corrected chi connectivity index (χ2v) is 12.2. The number of nitrogens with zero attached hydrogens (tertiary/aromatic N) is 2. The lowest BCUT2D eigenvalue weighted by Gasteiger charge is -2.39. The van der Waals surface area contributed by atoms with Crippen LogP contribution in [-0.4, -0.2) is 36.5 Å². The van der Waals surface area contributed by atoms with Crippen LogP contribution in [0.5, 0.6) is 0 Å². The van der Waals surface area contributed by atoms with Gasteiger partial charge in [-0.1, -0.05) is 56.6 Å². The van der Waals surface area contributed by atoms with Gasteiger partial charge in [-0.3, -0.25) is 14.7 Å². The van der Waals surface area contributed by atoms with Crippen LogP contribution in [0.1, 0.15) is 59.6 Å². The van der Waals surface area contributed by atoms with Gasteiger partial charge >= 0.3 is 0 Å². The Labute approximate surface area is 218 Å². The summed E-state index contributed by atoms with van der Waals surface area (Å²) in [5.74, 6) is 0.230. The van der Waals surface area contributed by atoms with Crippen molar-refractivity contribution in [2.24, 2.45) is 5.92 Å². The molecule has 1 atom stereocenters. The van der Waals surface area contributed by atoms with Gasteiger partial charge in [0.2, 0.25) is 0 Å². The van der Waals surface area contributed by atoms with Crippen LogP contribution < -0.4 is 5.32 Å². The molecule has 0 unspecified atom stereocenters. The van der Waals surface area contributed by atoms with Crippen molar-refractivity contribution in [3.63, 3.8) is 0 Å². The second-order valence-electron chi connectivity index (χ2n) is 9.53. The van der Waals surface area contributed by atoms with Crippen LogP contribution in [-0.2, 0) is 29.3 Å².